The van der Waals surface area contributed by atoms with Crippen LogP contribution in [0.4, 0.5) is 13.2 Å². The summed E-state index contributed by atoms with van der Waals surface area (Å²) in [6.45, 7) is 9.16. The van der Waals surface area contributed by atoms with Gasteiger partial charge >= 0.3 is 6.18 Å². The van der Waals surface area contributed by atoms with Gasteiger partial charge in [-0.2, -0.15) is 13.2 Å². The van der Waals surface area contributed by atoms with Gasteiger partial charge in [-0.25, -0.2) is 0 Å². The number of likely N-dealkylation sites (tertiary alicyclic amines) is 1. The van der Waals surface area contributed by atoms with Gasteiger partial charge in [0.25, 0.3) is 0 Å². The molecule has 2 heterocycles. The molecule has 1 unspecified atom stereocenters. The Morgan fingerprint density at radius 2 is 1.97 bits per heavy atom. The first-order valence-corrected chi connectivity index (χ1v) is 10.9. The van der Waals surface area contributed by atoms with Crippen molar-refractivity contribution in [1.82, 2.24) is 15.1 Å². The van der Waals surface area contributed by atoms with E-state index in [4.69, 9.17) is 14.5 Å². The number of guanidine groups is 1. The summed E-state index contributed by atoms with van der Waals surface area (Å²) < 4.78 is 49.3. The molecule has 2 fully saturated rings. The van der Waals surface area contributed by atoms with Crippen molar-refractivity contribution in [2.45, 2.75) is 51.8 Å². The highest BCUT2D eigenvalue weighted by Gasteiger charge is 2.33. The van der Waals surface area contributed by atoms with Crippen LogP contribution in [0.2, 0.25) is 0 Å². The zero-order valence-electron chi connectivity index (χ0n) is 18.3. The number of rotatable bonds is 10. The van der Waals surface area contributed by atoms with Gasteiger partial charge in [-0.15, -0.1) is 24.0 Å². The third-order valence-electron chi connectivity index (χ3n) is 5.37. The van der Waals surface area contributed by atoms with Crippen molar-refractivity contribution in [3.63, 3.8) is 0 Å². The molecule has 0 spiro atoms. The van der Waals surface area contributed by atoms with Crippen LogP contribution in [0.1, 0.15) is 39.5 Å². The fourth-order valence-electron chi connectivity index (χ4n) is 3.87. The molecule has 0 saturated carbocycles. The Bertz CT molecular complexity index is 491. The number of nitrogens with zero attached hydrogens (tertiary/aromatic N) is 3. The number of hydrogen-bond donors (Lipinski definition) is 1. The molecule has 2 rings (SSSR count). The molecule has 0 aromatic heterocycles. The fourth-order valence-corrected chi connectivity index (χ4v) is 3.87. The summed E-state index contributed by atoms with van der Waals surface area (Å²) in [6.07, 6.45) is -0.158. The van der Waals surface area contributed by atoms with E-state index < -0.39 is 12.7 Å². The summed E-state index contributed by atoms with van der Waals surface area (Å²) in [5.74, 6) is 1.10. The molecule has 2 saturated heterocycles. The van der Waals surface area contributed by atoms with E-state index in [1.807, 2.05) is 6.92 Å². The highest BCUT2D eigenvalue weighted by Crippen LogP contribution is 2.21. The molecule has 30 heavy (non-hydrogen) atoms. The number of nitrogens with one attached hydrogen (secondary N) is 1. The van der Waals surface area contributed by atoms with Gasteiger partial charge in [0.1, 0.15) is 0 Å². The summed E-state index contributed by atoms with van der Waals surface area (Å²) >= 11 is 0. The van der Waals surface area contributed by atoms with E-state index in [2.05, 4.69) is 10.2 Å². The van der Waals surface area contributed by atoms with Crippen LogP contribution >= 0.6 is 24.0 Å². The van der Waals surface area contributed by atoms with Gasteiger partial charge in [0.15, 0.2) is 5.96 Å². The summed E-state index contributed by atoms with van der Waals surface area (Å²) in [5, 5.41) is 3.32. The van der Waals surface area contributed by atoms with Crippen LogP contribution in [0.3, 0.4) is 0 Å². The molecule has 0 amide bonds. The Balaban J connectivity index is 0.00000450. The molecule has 0 aliphatic carbocycles. The minimum Gasteiger partial charge on any atom is -0.381 e. The van der Waals surface area contributed by atoms with E-state index >= 15 is 0 Å². The predicted octanol–water partition coefficient (Wildman–Crippen LogP) is 3.36. The molecule has 1 atom stereocenters. The lowest BCUT2D eigenvalue weighted by Gasteiger charge is -2.26. The summed E-state index contributed by atoms with van der Waals surface area (Å²) in [5.41, 5.74) is 0. The van der Waals surface area contributed by atoms with Gasteiger partial charge in [0, 0.05) is 52.5 Å². The normalized spacial score (nSPS) is 21.2. The van der Waals surface area contributed by atoms with Crippen molar-refractivity contribution < 1.29 is 22.6 Å². The molecule has 10 heteroatoms. The first-order chi connectivity index (χ1) is 13.9. The average Bonchev–Trinajstić information content (AvgIpc) is 3.14. The standard InChI is InChI=1S/C20H37F3N4O2.HI/c1-3-24-19(25-9-5-11-29-18-7-12-28-13-8-18)27-10-6-17(15-27)14-26(4-2)16-20(21,22)23;/h17-18H,3-16H2,1-2H3,(H,24,25);1H. The highest BCUT2D eigenvalue weighted by molar-refractivity contribution is 14.0. The Morgan fingerprint density at radius 1 is 1.23 bits per heavy atom. The minimum atomic E-state index is -4.14. The monoisotopic (exact) mass is 550 g/mol. The maximum Gasteiger partial charge on any atom is 0.401 e. The van der Waals surface area contributed by atoms with Crippen molar-refractivity contribution in [3.05, 3.63) is 0 Å². The molecule has 178 valence electrons. The lowest BCUT2D eigenvalue weighted by atomic mass is 10.1. The molecule has 1 N–H and O–H groups in total. The van der Waals surface area contributed by atoms with Crippen LogP contribution in [0, 0.1) is 5.92 Å². The van der Waals surface area contributed by atoms with Crippen LogP contribution in [0.25, 0.3) is 0 Å². The first kappa shape index (κ1) is 27.7. The molecule has 6 nitrogen and oxygen atoms in total. The number of alkyl halides is 3. The van der Waals surface area contributed by atoms with Crippen molar-refractivity contribution in [2.75, 3.05) is 65.6 Å². The van der Waals surface area contributed by atoms with Gasteiger partial charge in [-0.05, 0) is 45.1 Å². The van der Waals surface area contributed by atoms with E-state index in [0.29, 0.717) is 32.3 Å². The van der Waals surface area contributed by atoms with Gasteiger partial charge < -0.3 is 19.7 Å². The second-order valence-electron chi connectivity index (χ2n) is 7.82. The smallest absolute Gasteiger partial charge is 0.381 e. The van der Waals surface area contributed by atoms with Gasteiger partial charge in [-0.3, -0.25) is 9.89 Å². The van der Waals surface area contributed by atoms with E-state index in [1.165, 1.54) is 4.90 Å². The highest BCUT2D eigenvalue weighted by atomic mass is 127. The molecule has 0 radical (unpaired) electrons. The second kappa shape index (κ2) is 14.7. The molecule has 0 aromatic rings. The number of hydrogen-bond acceptors (Lipinski definition) is 4. The van der Waals surface area contributed by atoms with Crippen LogP contribution in [0.15, 0.2) is 4.99 Å². The van der Waals surface area contributed by atoms with Crippen molar-refractivity contribution >= 4 is 29.9 Å². The number of ether oxygens (including phenoxy) is 2. The summed E-state index contributed by atoms with van der Waals surface area (Å²) in [6, 6.07) is 0. The Labute approximate surface area is 195 Å². The minimum absolute atomic E-state index is 0. The van der Waals surface area contributed by atoms with E-state index in [1.54, 1.807) is 6.92 Å². The maximum atomic E-state index is 12.7. The van der Waals surface area contributed by atoms with Crippen LogP contribution in [-0.4, -0.2) is 93.7 Å². The quantitative estimate of drug-likeness (QED) is 0.196. The van der Waals surface area contributed by atoms with E-state index in [9.17, 15) is 13.2 Å². The zero-order valence-corrected chi connectivity index (χ0v) is 20.6. The third-order valence-corrected chi connectivity index (χ3v) is 5.37. The Kier molecular flexibility index (Phi) is 13.6. The Hall–Kier alpha value is -0.330. The molecular formula is C20H38F3IN4O2. The van der Waals surface area contributed by atoms with Crippen molar-refractivity contribution in [2.24, 2.45) is 10.9 Å². The van der Waals surface area contributed by atoms with Gasteiger partial charge in [0.05, 0.1) is 12.6 Å². The van der Waals surface area contributed by atoms with Crippen LogP contribution in [-0.2, 0) is 9.47 Å². The summed E-state index contributed by atoms with van der Waals surface area (Å²) in [4.78, 5) is 8.37. The summed E-state index contributed by atoms with van der Waals surface area (Å²) in [7, 11) is 0. The Morgan fingerprint density at radius 3 is 2.60 bits per heavy atom. The van der Waals surface area contributed by atoms with Crippen molar-refractivity contribution in [3.8, 4) is 0 Å². The molecule has 0 bridgehead atoms. The molecule has 0 aromatic carbocycles. The van der Waals surface area contributed by atoms with Crippen LogP contribution in [0.5, 0.6) is 0 Å². The first-order valence-electron chi connectivity index (χ1n) is 10.9. The molecular weight excluding hydrogens is 512 g/mol. The third kappa shape index (κ3) is 10.8. The van der Waals surface area contributed by atoms with Gasteiger partial charge in [-0.1, -0.05) is 6.92 Å². The number of halogens is 4. The SMILES string of the molecule is CCNC(=NCCCOC1CCOCC1)N1CCC(CN(CC)CC(F)(F)F)C1.I. The van der Waals surface area contributed by atoms with Gasteiger partial charge in [0.2, 0.25) is 0 Å². The lowest BCUT2D eigenvalue weighted by Crippen LogP contribution is -2.42. The number of aliphatic imine (C=N–C) groups is 1. The molecule has 2 aliphatic rings. The topological polar surface area (TPSA) is 49.3 Å². The average molecular weight is 550 g/mol. The lowest BCUT2D eigenvalue weighted by molar-refractivity contribution is -0.146. The van der Waals surface area contributed by atoms with Crippen LogP contribution < -0.4 is 5.32 Å². The predicted molar refractivity (Wildman–Crippen MR) is 124 cm³/mol. The van der Waals surface area contributed by atoms with E-state index in [0.717, 1.165) is 64.5 Å². The zero-order chi connectivity index (χ0) is 21.1. The maximum absolute atomic E-state index is 12.7. The molecule has 2 aliphatic heterocycles. The second-order valence-corrected chi connectivity index (χ2v) is 7.82. The van der Waals surface area contributed by atoms with Crippen molar-refractivity contribution in [1.29, 1.82) is 0 Å². The van der Waals surface area contributed by atoms with E-state index in [-0.39, 0.29) is 29.9 Å². The fraction of sp³-hybridized carbons (Fsp3) is 0.950. The largest absolute Gasteiger partial charge is 0.401 e.